The van der Waals surface area contributed by atoms with E-state index < -0.39 is 0 Å². The number of para-hydroxylation sites is 1. The fraction of sp³-hybridized carbons (Fsp3) is 0.211. The smallest absolute Gasteiger partial charge is 0.205 e. The largest absolute Gasteiger partial charge is 0.495 e. The van der Waals surface area contributed by atoms with Crippen molar-refractivity contribution in [2.24, 2.45) is 71.1 Å². The van der Waals surface area contributed by atoms with E-state index in [1.807, 2.05) is 180 Å². The molecule has 5 aromatic heterocycles. The number of hydrogen-bond donors (Lipinski definition) is 4. The highest BCUT2D eigenvalue weighted by Gasteiger charge is 2.32. The molecule has 1 aliphatic carbocycles. The van der Waals surface area contributed by atoms with Gasteiger partial charge < -0.3 is 27.7 Å². The van der Waals surface area contributed by atoms with Gasteiger partial charge in [0.1, 0.15) is 31.9 Å². The average molecular weight is 1670 g/mol. The van der Waals surface area contributed by atoms with Gasteiger partial charge in [-0.3, -0.25) is 62.9 Å². The first-order valence-corrected chi connectivity index (χ1v) is 40.4. The van der Waals surface area contributed by atoms with E-state index in [0.717, 1.165) is 158 Å². The number of fused-ring (bicyclic) bond motifs is 5. The molecule has 1 saturated carbocycles. The summed E-state index contributed by atoms with van der Waals surface area (Å²) >= 11 is 12.7. The van der Waals surface area contributed by atoms with Crippen molar-refractivity contribution in [3.63, 3.8) is 0 Å². The molecule has 610 valence electrons. The first-order valence-electron chi connectivity index (χ1n) is 39.6. The van der Waals surface area contributed by atoms with Gasteiger partial charge in [-0.05, 0) is 119 Å². The van der Waals surface area contributed by atoms with E-state index >= 15 is 0 Å². The number of methoxy groups -OCH3 is 1. The van der Waals surface area contributed by atoms with Crippen molar-refractivity contribution in [2.45, 2.75) is 45.4 Å². The van der Waals surface area contributed by atoms with Gasteiger partial charge in [-0.15, -0.1) is 0 Å². The highest BCUT2D eigenvalue weighted by Crippen LogP contribution is 2.50. The molecule has 0 radical (unpaired) electrons. The summed E-state index contributed by atoms with van der Waals surface area (Å²) in [5.74, 6) is 1.03. The van der Waals surface area contributed by atoms with Gasteiger partial charge in [-0.25, -0.2) is 19.4 Å². The third-order valence-corrected chi connectivity index (χ3v) is 23.2. The van der Waals surface area contributed by atoms with E-state index in [1.54, 1.807) is 45.9 Å². The number of aryl methyl sites for hydroxylation is 5. The number of ketones is 4. The maximum Gasteiger partial charge on any atom is 0.205 e. The Morgan fingerprint density at radius 2 is 0.780 bits per heavy atom. The van der Waals surface area contributed by atoms with E-state index in [9.17, 15) is 19.2 Å². The molecule has 0 spiro atoms. The molecule has 18 rings (SSSR count). The SMILES string of the molecule is [C-]#[N+]c1c(-c2c(-c3ccc4c(c3)C(CN)=NCC4=O)cnn2C)ccc(Cl)c1CC.[C-]#[N+]c1c(-c2c(-c3ccc4c(c3)C(CN)=NCC4=O)cnn2C)ccc2ncc(OC)cc12.[C-]#[N+]c1c(-c2c(-c3ccc4c(c3)C(CN)=NCC4=O)cnn2C)cccc1C1CC1.[C-]#[N+]c1c(CC)cc(Cl)cc1-c1c(-c2ccc3c(c2)C(CN)=NCC3=O)cnn1C. The van der Waals surface area contributed by atoms with Crippen LogP contribution in [0.2, 0.25) is 10.0 Å². The molecule has 5 aliphatic rings. The molecule has 0 amide bonds. The molecule has 9 heterocycles. The second-order valence-corrected chi connectivity index (χ2v) is 30.5. The third-order valence-electron chi connectivity index (χ3n) is 22.7. The van der Waals surface area contributed by atoms with Gasteiger partial charge in [0.25, 0.3) is 0 Å². The van der Waals surface area contributed by atoms with Crippen molar-refractivity contribution in [3.8, 4) is 95.3 Å². The van der Waals surface area contributed by atoms with Crippen LogP contribution in [0.25, 0.3) is 120 Å². The highest BCUT2D eigenvalue weighted by molar-refractivity contribution is 6.32. The van der Waals surface area contributed by atoms with Gasteiger partial charge in [0.05, 0.1) is 116 Å². The minimum absolute atomic E-state index is 0.00703. The fourth-order valence-corrected chi connectivity index (χ4v) is 16.9. The molecule has 0 bridgehead atoms. The third kappa shape index (κ3) is 15.8. The molecular formula is C95H81Cl2N21O5. The zero-order chi connectivity index (χ0) is 86.8. The molecule has 0 saturated heterocycles. The van der Waals surface area contributed by atoms with E-state index in [2.05, 4.69) is 70.8 Å². The van der Waals surface area contributed by atoms with E-state index in [0.29, 0.717) is 96.2 Å². The minimum Gasteiger partial charge on any atom is -0.495 e. The zero-order valence-electron chi connectivity index (χ0n) is 68.4. The standard InChI is InChI=1S/C25H20N6O2.C24H21N5O.2C23H20ClN5O/c1-27-24-17(6-7-21-19(24)9-15(33-3)11-28-21)25-20(12-30-31(25)2)14-4-5-16-18(8-14)22(10-26)29-13-23(16)32;1-26-23-16(14-6-7-14)4-3-5-18(23)24-20(12-28-29(24)2)15-8-9-17-19(10-15)21(11-25)27-13-22(17)30;1-4-13-7-15(24)9-18(22(13)26-2)23-19(11-28-29(23)3)14-5-6-16-17(8-14)20(10-25)27-12-21(16)30;1-4-14-19(24)8-7-16(22(14)26-2)23-18(11-28-29(23)3)13-5-6-15-17(9-13)20(10-25)27-12-21(15)30/h4-9,11-12H,10,13,26H2,2-3H3;3-5,8-10,12,14H,6-7,11,13,25H2,2H3;2*5-9,11H,4,10,12,25H2,1,3H3. The van der Waals surface area contributed by atoms with Crippen LogP contribution in [0, 0.1) is 26.3 Å². The van der Waals surface area contributed by atoms with E-state index in [4.69, 9.17) is 77.2 Å². The number of carbonyl (C=O) groups excluding carboxylic acids is 4. The monoisotopic (exact) mass is 1670 g/mol. The summed E-state index contributed by atoms with van der Waals surface area (Å²) in [5, 5.41) is 19.7. The van der Waals surface area contributed by atoms with Crippen LogP contribution in [0.5, 0.6) is 5.75 Å². The maximum atomic E-state index is 12.3. The predicted molar refractivity (Wildman–Crippen MR) is 483 cm³/mol. The van der Waals surface area contributed by atoms with Crippen LogP contribution in [0.15, 0.2) is 184 Å². The number of aliphatic imine (C=N–C) groups is 4. The summed E-state index contributed by atoms with van der Waals surface area (Å²) in [5.41, 5.74) is 51.4. The van der Waals surface area contributed by atoms with Crippen molar-refractivity contribution in [3.05, 3.63) is 281 Å². The Kier molecular flexibility index (Phi) is 24.1. The van der Waals surface area contributed by atoms with Crippen molar-refractivity contribution < 1.29 is 23.9 Å². The van der Waals surface area contributed by atoms with Gasteiger partial charge >= 0.3 is 0 Å². The van der Waals surface area contributed by atoms with Gasteiger partial charge in [-0.2, -0.15) is 20.4 Å². The predicted octanol–water partition coefficient (Wildman–Crippen LogP) is 16.9. The van der Waals surface area contributed by atoms with Crippen LogP contribution < -0.4 is 27.7 Å². The van der Waals surface area contributed by atoms with E-state index in [-0.39, 0.29) is 75.5 Å². The number of hydrogen-bond acceptors (Lipinski definition) is 18. The van der Waals surface area contributed by atoms with E-state index in [1.165, 1.54) is 0 Å². The van der Waals surface area contributed by atoms with Crippen molar-refractivity contribution >= 4 is 103 Å². The number of halogens is 2. The van der Waals surface area contributed by atoms with Crippen LogP contribution in [0.3, 0.4) is 0 Å². The Morgan fingerprint density at radius 3 is 1.15 bits per heavy atom. The molecule has 0 unspecified atom stereocenters. The topological polar surface area (TPSA) is 333 Å². The van der Waals surface area contributed by atoms with Crippen LogP contribution in [0.1, 0.15) is 113 Å². The number of rotatable bonds is 16. The lowest BCUT2D eigenvalue weighted by Gasteiger charge is -2.17. The normalized spacial score (nSPS) is 13.6. The Bertz CT molecular complexity index is 6900. The Hall–Kier alpha value is -14.5. The van der Waals surface area contributed by atoms with Crippen molar-refractivity contribution in [1.29, 1.82) is 0 Å². The van der Waals surface area contributed by atoms with Crippen molar-refractivity contribution in [2.75, 3.05) is 59.5 Å². The molecule has 1 fully saturated rings. The number of aromatic nitrogens is 9. The van der Waals surface area contributed by atoms with Gasteiger partial charge in [-0.1, -0.05) is 122 Å². The molecule has 28 heteroatoms. The number of carbonyl (C=O) groups is 4. The summed E-state index contributed by atoms with van der Waals surface area (Å²) in [4.78, 5) is 86.2. The lowest BCUT2D eigenvalue weighted by atomic mass is 9.91. The maximum absolute atomic E-state index is 12.3. The molecule has 8 aromatic carbocycles. The Balaban J connectivity index is 0.000000127. The molecule has 123 heavy (non-hydrogen) atoms. The first kappa shape index (κ1) is 83.6. The molecular weight excluding hydrogens is 1590 g/mol. The quantitative estimate of drug-likeness (QED) is 0.0654. The summed E-state index contributed by atoms with van der Waals surface area (Å²) in [6.07, 6.45) is 12.4. The van der Waals surface area contributed by atoms with Crippen LogP contribution in [0.4, 0.5) is 22.7 Å². The zero-order valence-corrected chi connectivity index (χ0v) is 69.9. The molecule has 8 N–H and O–H groups in total. The number of Topliss-reactive ketones (excluding diaryl/α,β-unsaturated/α-hetero) is 4. The lowest BCUT2D eigenvalue weighted by molar-refractivity contribution is 0.0992. The second-order valence-electron chi connectivity index (χ2n) is 29.7. The Labute approximate surface area is 719 Å². The molecule has 26 nitrogen and oxygen atoms in total. The Morgan fingerprint density at radius 1 is 0.407 bits per heavy atom. The summed E-state index contributed by atoms with van der Waals surface area (Å²) in [6, 6.07) is 41.8. The number of pyridine rings is 1. The average Bonchev–Trinajstić information content (AvgIpc) is 1.69. The van der Waals surface area contributed by atoms with Crippen molar-refractivity contribution in [1.82, 2.24) is 44.1 Å². The summed E-state index contributed by atoms with van der Waals surface area (Å²) in [6.45, 7) is 36.8. The number of ether oxygens (including phenoxy) is 1. The lowest BCUT2D eigenvalue weighted by Crippen LogP contribution is -2.24. The molecule has 0 atom stereocenters. The number of nitrogens with two attached hydrogens (primary N) is 4. The van der Waals surface area contributed by atoms with Gasteiger partial charge in [0.15, 0.2) is 34.5 Å². The minimum atomic E-state index is -0.0218. The van der Waals surface area contributed by atoms with Gasteiger partial charge in [0, 0.05) is 159 Å². The highest BCUT2D eigenvalue weighted by atomic mass is 35.5. The summed E-state index contributed by atoms with van der Waals surface area (Å²) in [7, 11) is 9.00. The van der Waals surface area contributed by atoms with Crippen LogP contribution in [-0.2, 0) is 41.0 Å². The van der Waals surface area contributed by atoms with Crippen LogP contribution >= 0.6 is 23.2 Å². The number of benzene rings is 8. The first-order chi connectivity index (χ1) is 59.6. The molecule has 4 aliphatic heterocycles. The fourth-order valence-electron chi connectivity index (χ4n) is 16.4. The van der Waals surface area contributed by atoms with Gasteiger partial charge in [0.2, 0.25) is 11.4 Å². The summed E-state index contributed by atoms with van der Waals surface area (Å²) < 4.78 is 12.4. The number of nitrogens with zero attached hydrogens (tertiary/aromatic N) is 17. The molecule has 13 aromatic rings. The van der Waals surface area contributed by atoms with Crippen LogP contribution in [-0.4, -0.2) is 150 Å². The second kappa shape index (κ2) is 35.5.